The molecule has 106 valence electrons. The number of piperazine rings is 1. The van der Waals surface area contributed by atoms with Crippen LogP contribution >= 0.6 is 0 Å². The molecule has 5 nitrogen and oxygen atoms in total. The van der Waals surface area contributed by atoms with Crippen LogP contribution in [-0.4, -0.2) is 35.2 Å². The number of carbonyl (C=O) groups excluding carboxylic acids is 3. The SMILES string of the molecule is CCC1C(=O)NC(=O)CN1C(=O)c1cccc(F)c1F. The van der Waals surface area contributed by atoms with Crippen molar-refractivity contribution in [1.29, 1.82) is 0 Å². The summed E-state index contributed by atoms with van der Waals surface area (Å²) in [6.07, 6.45) is 0.266. The Labute approximate surface area is 113 Å². The van der Waals surface area contributed by atoms with Crippen molar-refractivity contribution in [3.63, 3.8) is 0 Å². The van der Waals surface area contributed by atoms with E-state index in [1.54, 1.807) is 6.92 Å². The molecule has 1 heterocycles. The van der Waals surface area contributed by atoms with Crippen LogP contribution in [-0.2, 0) is 9.59 Å². The van der Waals surface area contributed by atoms with Gasteiger partial charge in [0, 0.05) is 0 Å². The highest BCUT2D eigenvalue weighted by molar-refractivity contribution is 6.07. The van der Waals surface area contributed by atoms with E-state index in [0.717, 1.165) is 17.0 Å². The van der Waals surface area contributed by atoms with Crippen LogP contribution in [0.5, 0.6) is 0 Å². The van der Waals surface area contributed by atoms with Crippen LogP contribution in [0.15, 0.2) is 18.2 Å². The van der Waals surface area contributed by atoms with Crippen LogP contribution in [0.1, 0.15) is 23.7 Å². The molecule has 0 saturated carbocycles. The first-order valence-corrected chi connectivity index (χ1v) is 6.04. The van der Waals surface area contributed by atoms with Crippen molar-refractivity contribution in [3.05, 3.63) is 35.4 Å². The normalized spacial score (nSPS) is 18.9. The maximum Gasteiger partial charge on any atom is 0.258 e. The zero-order chi connectivity index (χ0) is 14.9. The van der Waals surface area contributed by atoms with E-state index >= 15 is 0 Å². The van der Waals surface area contributed by atoms with Gasteiger partial charge in [-0.1, -0.05) is 13.0 Å². The average Bonchev–Trinajstić information content (AvgIpc) is 2.40. The summed E-state index contributed by atoms with van der Waals surface area (Å²) in [5, 5.41) is 2.10. The van der Waals surface area contributed by atoms with Gasteiger partial charge in [-0.15, -0.1) is 0 Å². The molecule has 0 aromatic heterocycles. The van der Waals surface area contributed by atoms with Crippen LogP contribution in [0.25, 0.3) is 0 Å². The van der Waals surface area contributed by atoms with Crippen LogP contribution in [0.2, 0.25) is 0 Å². The molecule has 0 radical (unpaired) electrons. The van der Waals surface area contributed by atoms with E-state index < -0.39 is 41.0 Å². The molecule has 1 N–H and O–H groups in total. The van der Waals surface area contributed by atoms with Gasteiger partial charge >= 0.3 is 0 Å². The van der Waals surface area contributed by atoms with E-state index in [1.807, 2.05) is 0 Å². The number of nitrogens with zero attached hydrogens (tertiary/aromatic N) is 1. The number of rotatable bonds is 2. The number of benzene rings is 1. The number of halogens is 2. The standard InChI is InChI=1S/C13H12F2N2O3/c1-2-9-12(19)16-10(18)6-17(9)13(20)7-4-3-5-8(14)11(7)15/h3-5,9H,2,6H2,1H3,(H,16,18,19). The van der Waals surface area contributed by atoms with E-state index in [0.29, 0.717) is 0 Å². The summed E-state index contributed by atoms with van der Waals surface area (Å²) < 4.78 is 26.8. The number of nitrogens with one attached hydrogen (secondary N) is 1. The van der Waals surface area contributed by atoms with E-state index in [2.05, 4.69) is 5.32 Å². The minimum atomic E-state index is -1.29. The van der Waals surface area contributed by atoms with Crippen molar-refractivity contribution in [1.82, 2.24) is 10.2 Å². The molecule has 0 aliphatic carbocycles. The van der Waals surface area contributed by atoms with Crippen LogP contribution in [0.3, 0.4) is 0 Å². The fourth-order valence-electron chi connectivity index (χ4n) is 2.11. The van der Waals surface area contributed by atoms with Crippen molar-refractivity contribution in [2.75, 3.05) is 6.54 Å². The lowest BCUT2D eigenvalue weighted by molar-refractivity contribution is -0.138. The number of hydrogen-bond donors (Lipinski definition) is 1. The van der Waals surface area contributed by atoms with E-state index in [1.165, 1.54) is 6.07 Å². The molecule has 1 aromatic carbocycles. The molecule has 0 bridgehead atoms. The van der Waals surface area contributed by atoms with Crippen molar-refractivity contribution in [3.8, 4) is 0 Å². The third-order valence-corrected chi connectivity index (χ3v) is 3.09. The highest BCUT2D eigenvalue weighted by Crippen LogP contribution is 2.18. The van der Waals surface area contributed by atoms with Crippen LogP contribution < -0.4 is 5.32 Å². The maximum atomic E-state index is 13.6. The highest BCUT2D eigenvalue weighted by Gasteiger charge is 2.36. The Morgan fingerprint density at radius 3 is 2.75 bits per heavy atom. The summed E-state index contributed by atoms with van der Waals surface area (Å²) in [4.78, 5) is 36.2. The summed E-state index contributed by atoms with van der Waals surface area (Å²) in [6.45, 7) is 1.29. The smallest absolute Gasteiger partial charge is 0.258 e. The molecule has 1 unspecified atom stereocenters. The lowest BCUT2D eigenvalue weighted by atomic mass is 10.1. The number of amides is 3. The number of imide groups is 1. The molecule has 1 atom stereocenters. The topological polar surface area (TPSA) is 66.5 Å². The fourth-order valence-corrected chi connectivity index (χ4v) is 2.11. The first-order chi connectivity index (χ1) is 9.45. The lowest BCUT2D eigenvalue weighted by Crippen LogP contribution is -2.59. The van der Waals surface area contributed by atoms with Gasteiger partial charge in [0.15, 0.2) is 11.6 Å². The number of carbonyl (C=O) groups is 3. The van der Waals surface area contributed by atoms with Crippen LogP contribution in [0.4, 0.5) is 8.78 Å². The monoisotopic (exact) mass is 282 g/mol. The Balaban J connectivity index is 2.37. The van der Waals surface area contributed by atoms with Gasteiger partial charge in [-0.05, 0) is 18.6 Å². The van der Waals surface area contributed by atoms with Crippen molar-refractivity contribution in [2.45, 2.75) is 19.4 Å². The minimum absolute atomic E-state index is 0.266. The van der Waals surface area contributed by atoms with Gasteiger partial charge in [0.25, 0.3) is 5.91 Å². The second-order valence-corrected chi connectivity index (χ2v) is 4.37. The van der Waals surface area contributed by atoms with E-state index in [-0.39, 0.29) is 13.0 Å². The molecule has 1 saturated heterocycles. The third kappa shape index (κ3) is 2.38. The molecule has 1 aliphatic rings. The average molecular weight is 282 g/mol. The Kier molecular flexibility index (Phi) is 3.78. The van der Waals surface area contributed by atoms with Crippen LogP contribution in [0, 0.1) is 11.6 Å². The molecule has 20 heavy (non-hydrogen) atoms. The molecule has 0 spiro atoms. The molecule has 3 amide bonds. The molecule has 1 aromatic rings. The molecular formula is C13H12F2N2O3. The second kappa shape index (κ2) is 5.36. The predicted octanol–water partition coefficient (Wildman–Crippen LogP) is 0.842. The molecule has 2 rings (SSSR count). The van der Waals surface area contributed by atoms with Gasteiger partial charge in [-0.25, -0.2) is 8.78 Å². The summed E-state index contributed by atoms with van der Waals surface area (Å²) in [6, 6.07) is 2.32. The zero-order valence-electron chi connectivity index (χ0n) is 10.7. The van der Waals surface area contributed by atoms with Gasteiger partial charge in [0.2, 0.25) is 11.8 Å². The van der Waals surface area contributed by atoms with Gasteiger partial charge in [0.05, 0.1) is 5.56 Å². The summed E-state index contributed by atoms with van der Waals surface area (Å²) >= 11 is 0. The number of hydrogen-bond acceptors (Lipinski definition) is 3. The maximum absolute atomic E-state index is 13.6. The second-order valence-electron chi connectivity index (χ2n) is 4.37. The van der Waals surface area contributed by atoms with Crippen molar-refractivity contribution in [2.24, 2.45) is 0 Å². The highest BCUT2D eigenvalue weighted by atomic mass is 19.2. The largest absolute Gasteiger partial charge is 0.317 e. The quantitative estimate of drug-likeness (QED) is 0.817. The summed E-state index contributed by atoms with van der Waals surface area (Å²) in [5.74, 6) is -4.58. The molecular weight excluding hydrogens is 270 g/mol. The van der Waals surface area contributed by atoms with Crippen molar-refractivity contribution < 1.29 is 23.2 Å². The lowest BCUT2D eigenvalue weighted by Gasteiger charge is -2.33. The Morgan fingerprint density at radius 1 is 1.40 bits per heavy atom. The summed E-state index contributed by atoms with van der Waals surface area (Å²) in [7, 11) is 0. The summed E-state index contributed by atoms with van der Waals surface area (Å²) in [5.41, 5.74) is -0.494. The Bertz CT molecular complexity index is 589. The molecule has 7 heteroatoms. The molecule has 1 aliphatic heterocycles. The first kappa shape index (κ1) is 14.1. The van der Waals surface area contributed by atoms with Gasteiger partial charge in [-0.2, -0.15) is 0 Å². The minimum Gasteiger partial charge on any atom is -0.317 e. The van der Waals surface area contributed by atoms with E-state index in [9.17, 15) is 23.2 Å². The Hall–Kier alpha value is -2.31. The predicted molar refractivity (Wildman–Crippen MR) is 64.6 cm³/mol. The molecule has 1 fully saturated rings. The van der Waals surface area contributed by atoms with Gasteiger partial charge in [-0.3, -0.25) is 19.7 Å². The first-order valence-electron chi connectivity index (χ1n) is 6.04. The van der Waals surface area contributed by atoms with Gasteiger partial charge < -0.3 is 4.90 Å². The zero-order valence-corrected chi connectivity index (χ0v) is 10.7. The van der Waals surface area contributed by atoms with Gasteiger partial charge in [0.1, 0.15) is 12.6 Å². The van der Waals surface area contributed by atoms with Crippen molar-refractivity contribution >= 4 is 17.7 Å². The third-order valence-electron chi connectivity index (χ3n) is 3.09. The fraction of sp³-hybridized carbons (Fsp3) is 0.308. The Morgan fingerprint density at radius 2 is 2.10 bits per heavy atom. The van der Waals surface area contributed by atoms with E-state index in [4.69, 9.17) is 0 Å².